The molecule has 1 aromatic heterocycles. The molecule has 1 aromatic rings. The minimum absolute atomic E-state index is 0.191. The Kier molecular flexibility index (Phi) is 3.47. The fourth-order valence-electron chi connectivity index (χ4n) is 1.24. The Morgan fingerprint density at radius 2 is 1.82 bits per heavy atom. The van der Waals surface area contributed by atoms with Gasteiger partial charge in [-0.05, 0) is 6.92 Å². The molecular weight excluding hydrogens is 238 g/mol. The van der Waals surface area contributed by atoms with Crippen molar-refractivity contribution in [3.05, 3.63) is 17.6 Å². The minimum Gasteiger partial charge on any atom is -0.384 e. The van der Waals surface area contributed by atoms with Crippen LogP contribution in [-0.4, -0.2) is 24.6 Å². The fraction of sp³-hybridized carbons (Fsp3) is 0.636. The second-order valence-corrected chi connectivity index (χ2v) is 7.62. The van der Waals surface area contributed by atoms with Crippen LogP contribution in [0.15, 0.2) is 6.07 Å². The number of sulfone groups is 1. The first-order valence-corrected chi connectivity index (χ1v) is 7.31. The van der Waals surface area contributed by atoms with Gasteiger partial charge in [-0.25, -0.2) is 18.4 Å². The van der Waals surface area contributed by atoms with Gasteiger partial charge in [0.05, 0.1) is 5.69 Å². The molecule has 2 N–H and O–H groups in total. The molecule has 0 radical (unpaired) electrons. The quantitative estimate of drug-likeness (QED) is 0.866. The highest BCUT2D eigenvalue weighted by atomic mass is 32.2. The van der Waals surface area contributed by atoms with E-state index >= 15 is 0 Å². The summed E-state index contributed by atoms with van der Waals surface area (Å²) in [5, 5.41) is -0.743. The van der Waals surface area contributed by atoms with Gasteiger partial charge in [0.15, 0.2) is 9.84 Å². The SMILES string of the molecule is CC(c1nc(N)cc(C(C)(C)C)n1)S(C)(=O)=O. The van der Waals surface area contributed by atoms with E-state index in [9.17, 15) is 8.42 Å². The van der Waals surface area contributed by atoms with E-state index < -0.39 is 15.1 Å². The zero-order chi connectivity index (χ0) is 13.4. The van der Waals surface area contributed by atoms with Crippen LogP contribution >= 0.6 is 0 Å². The molecule has 17 heavy (non-hydrogen) atoms. The molecule has 1 unspecified atom stereocenters. The van der Waals surface area contributed by atoms with Gasteiger partial charge in [-0.3, -0.25) is 0 Å². The second kappa shape index (κ2) is 4.25. The van der Waals surface area contributed by atoms with Crippen LogP contribution < -0.4 is 5.73 Å². The Labute approximate surface area is 102 Å². The summed E-state index contributed by atoms with van der Waals surface area (Å²) in [7, 11) is -3.22. The van der Waals surface area contributed by atoms with Gasteiger partial charge in [0.1, 0.15) is 16.9 Å². The van der Waals surface area contributed by atoms with Crippen molar-refractivity contribution in [3.63, 3.8) is 0 Å². The number of nitrogens with zero attached hydrogens (tertiary/aromatic N) is 2. The molecule has 5 nitrogen and oxygen atoms in total. The van der Waals surface area contributed by atoms with Gasteiger partial charge >= 0.3 is 0 Å². The highest BCUT2D eigenvalue weighted by Crippen LogP contribution is 2.25. The van der Waals surface area contributed by atoms with Gasteiger partial charge in [-0.1, -0.05) is 20.8 Å². The van der Waals surface area contributed by atoms with E-state index in [0.29, 0.717) is 5.82 Å². The molecule has 1 atom stereocenters. The number of nitrogens with two attached hydrogens (primary N) is 1. The number of rotatable bonds is 2. The van der Waals surface area contributed by atoms with E-state index in [1.54, 1.807) is 13.0 Å². The van der Waals surface area contributed by atoms with E-state index in [4.69, 9.17) is 5.73 Å². The molecule has 1 heterocycles. The van der Waals surface area contributed by atoms with Crippen LogP contribution in [-0.2, 0) is 15.3 Å². The van der Waals surface area contributed by atoms with Gasteiger partial charge in [-0.2, -0.15) is 0 Å². The molecular formula is C11H19N3O2S. The molecule has 0 aliphatic carbocycles. The molecule has 0 spiro atoms. The molecule has 96 valence electrons. The van der Waals surface area contributed by atoms with Crippen LogP contribution in [0, 0.1) is 0 Å². The zero-order valence-corrected chi connectivity index (χ0v) is 11.7. The third-order valence-electron chi connectivity index (χ3n) is 2.54. The first-order chi connectivity index (χ1) is 7.51. The monoisotopic (exact) mass is 257 g/mol. The van der Waals surface area contributed by atoms with E-state index in [2.05, 4.69) is 9.97 Å². The lowest BCUT2D eigenvalue weighted by atomic mass is 9.92. The summed E-state index contributed by atoms with van der Waals surface area (Å²) in [5.41, 5.74) is 6.25. The molecule has 0 bridgehead atoms. The van der Waals surface area contributed by atoms with Gasteiger partial charge in [0, 0.05) is 17.7 Å². The zero-order valence-electron chi connectivity index (χ0n) is 10.9. The Hall–Kier alpha value is -1.17. The van der Waals surface area contributed by atoms with E-state index in [1.165, 1.54) is 6.26 Å². The number of anilines is 1. The smallest absolute Gasteiger partial charge is 0.157 e. The van der Waals surface area contributed by atoms with Crippen molar-refractivity contribution in [3.8, 4) is 0 Å². The van der Waals surface area contributed by atoms with Gasteiger partial charge in [-0.15, -0.1) is 0 Å². The predicted molar refractivity (Wildman–Crippen MR) is 68.4 cm³/mol. The molecule has 0 saturated carbocycles. The van der Waals surface area contributed by atoms with Crippen molar-refractivity contribution < 1.29 is 8.42 Å². The lowest BCUT2D eigenvalue weighted by Gasteiger charge is -2.19. The third-order valence-corrected chi connectivity index (χ3v) is 4.03. The average molecular weight is 257 g/mol. The lowest BCUT2D eigenvalue weighted by molar-refractivity contribution is 0.558. The molecule has 0 amide bonds. The molecule has 0 aromatic carbocycles. The van der Waals surface area contributed by atoms with E-state index in [1.807, 2.05) is 20.8 Å². The molecule has 0 aliphatic rings. The Balaban J connectivity index is 3.33. The largest absolute Gasteiger partial charge is 0.384 e. The summed E-state index contributed by atoms with van der Waals surface area (Å²) in [6.07, 6.45) is 1.17. The van der Waals surface area contributed by atoms with Crippen LogP contribution in [0.1, 0.15) is 44.5 Å². The van der Waals surface area contributed by atoms with Crippen LogP contribution in [0.25, 0.3) is 0 Å². The first kappa shape index (κ1) is 13.9. The fourth-order valence-corrected chi connectivity index (χ4v) is 1.73. The van der Waals surface area contributed by atoms with E-state index in [-0.39, 0.29) is 11.2 Å². The third kappa shape index (κ3) is 3.39. The summed E-state index contributed by atoms with van der Waals surface area (Å²) < 4.78 is 23.0. The van der Waals surface area contributed by atoms with Gasteiger partial charge < -0.3 is 5.73 Å². The van der Waals surface area contributed by atoms with Crippen molar-refractivity contribution in [2.45, 2.75) is 38.4 Å². The highest BCUT2D eigenvalue weighted by molar-refractivity contribution is 7.90. The second-order valence-electron chi connectivity index (χ2n) is 5.26. The molecule has 0 saturated heterocycles. The number of hydrogen-bond donors (Lipinski definition) is 1. The maximum atomic E-state index is 11.5. The van der Waals surface area contributed by atoms with Crippen LogP contribution in [0.2, 0.25) is 0 Å². The Morgan fingerprint density at radius 3 is 2.24 bits per heavy atom. The maximum absolute atomic E-state index is 11.5. The van der Waals surface area contributed by atoms with Crippen molar-refractivity contribution in [2.75, 3.05) is 12.0 Å². The van der Waals surface area contributed by atoms with Crippen molar-refractivity contribution in [1.82, 2.24) is 9.97 Å². The topological polar surface area (TPSA) is 85.9 Å². The van der Waals surface area contributed by atoms with Gasteiger partial charge in [0.2, 0.25) is 0 Å². The summed E-state index contributed by atoms with van der Waals surface area (Å²) in [6.45, 7) is 7.54. The van der Waals surface area contributed by atoms with Crippen molar-refractivity contribution in [2.24, 2.45) is 0 Å². The number of hydrogen-bond acceptors (Lipinski definition) is 5. The maximum Gasteiger partial charge on any atom is 0.157 e. The average Bonchev–Trinajstić information content (AvgIpc) is 2.12. The number of aromatic nitrogens is 2. The highest BCUT2D eigenvalue weighted by Gasteiger charge is 2.24. The van der Waals surface area contributed by atoms with Crippen molar-refractivity contribution in [1.29, 1.82) is 0 Å². The van der Waals surface area contributed by atoms with Crippen LogP contribution in [0.5, 0.6) is 0 Å². The van der Waals surface area contributed by atoms with Crippen LogP contribution in [0.4, 0.5) is 5.82 Å². The molecule has 0 aliphatic heterocycles. The summed E-state index contributed by atoms with van der Waals surface area (Å²) in [5.74, 6) is 0.563. The lowest BCUT2D eigenvalue weighted by Crippen LogP contribution is -2.19. The normalized spacial score (nSPS) is 14.6. The molecule has 6 heteroatoms. The summed E-state index contributed by atoms with van der Waals surface area (Å²) >= 11 is 0. The minimum atomic E-state index is -3.22. The Bertz CT molecular complexity index is 518. The standard InChI is InChI=1S/C11H19N3O2S/c1-7(17(5,15)16)10-13-8(11(2,3)4)6-9(12)14-10/h6-7H,1-5H3,(H2,12,13,14). The van der Waals surface area contributed by atoms with Crippen LogP contribution in [0.3, 0.4) is 0 Å². The molecule has 1 rings (SSSR count). The summed E-state index contributed by atoms with van der Waals surface area (Å²) in [4.78, 5) is 8.30. The Morgan fingerprint density at radius 1 is 1.29 bits per heavy atom. The summed E-state index contributed by atoms with van der Waals surface area (Å²) in [6, 6.07) is 1.68. The van der Waals surface area contributed by atoms with E-state index in [0.717, 1.165) is 5.69 Å². The number of nitrogen functional groups attached to an aromatic ring is 1. The van der Waals surface area contributed by atoms with Gasteiger partial charge in [0.25, 0.3) is 0 Å². The van der Waals surface area contributed by atoms with Crippen molar-refractivity contribution >= 4 is 15.7 Å². The predicted octanol–water partition coefficient (Wildman–Crippen LogP) is 1.46. The molecule has 0 fully saturated rings. The first-order valence-electron chi connectivity index (χ1n) is 5.35.